The van der Waals surface area contributed by atoms with Gasteiger partial charge in [-0.05, 0) is 24.8 Å². The Morgan fingerprint density at radius 1 is 1.50 bits per heavy atom. The van der Waals surface area contributed by atoms with Gasteiger partial charge in [0.2, 0.25) is 10.0 Å². The number of nitrogens with one attached hydrogen (secondary N) is 1. The van der Waals surface area contributed by atoms with Crippen molar-refractivity contribution in [2.45, 2.75) is 11.8 Å². The Kier molecular flexibility index (Phi) is 5.58. The molecule has 0 aliphatic rings. The van der Waals surface area contributed by atoms with E-state index in [0.717, 1.165) is 5.75 Å². The van der Waals surface area contributed by atoms with E-state index in [1.165, 1.54) is 6.07 Å². The third-order valence-electron chi connectivity index (χ3n) is 2.36. The fraction of sp³-hybridized carbons (Fsp3) is 0.364. The van der Waals surface area contributed by atoms with Gasteiger partial charge in [0.05, 0.1) is 4.90 Å². The highest BCUT2D eigenvalue weighted by molar-refractivity contribution is 7.98. The fourth-order valence-corrected chi connectivity index (χ4v) is 3.26. The minimum Gasteiger partial charge on any atom is -0.389 e. The summed E-state index contributed by atoms with van der Waals surface area (Å²) in [5.74, 6) is 0.729. The maximum atomic E-state index is 12.1. The molecule has 0 unspecified atom stereocenters. The number of aryl methyl sites for hydroxylation is 1. The molecule has 0 aromatic heterocycles. The zero-order chi connectivity index (χ0) is 13.8. The largest absolute Gasteiger partial charge is 0.389 e. The van der Waals surface area contributed by atoms with E-state index in [0.29, 0.717) is 17.7 Å². The lowest BCUT2D eigenvalue weighted by Gasteiger charge is -2.10. The van der Waals surface area contributed by atoms with Crippen LogP contribution in [0.15, 0.2) is 23.1 Å². The van der Waals surface area contributed by atoms with Gasteiger partial charge in [0, 0.05) is 17.9 Å². The van der Waals surface area contributed by atoms with Crippen LogP contribution in [0.5, 0.6) is 0 Å². The van der Waals surface area contributed by atoms with Gasteiger partial charge in [0.1, 0.15) is 4.99 Å². The summed E-state index contributed by atoms with van der Waals surface area (Å²) in [5, 5.41) is 0. The molecule has 0 fully saturated rings. The van der Waals surface area contributed by atoms with E-state index >= 15 is 0 Å². The average molecular weight is 304 g/mol. The molecule has 0 saturated heterocycles. The molecule has 0 heterocycles. The van der Waals surface area contributed by atoms with Crippen LogP contribution in [-0.2, 0) is 10.0 Å². The Hall–Kier alpha value is -0.630. The zero-order valence-corrected chi connectivity index (χ0v) is 12.7. The first-order valence-electron chi connectivity index (χ1n) is 5.27. The van der Waals surface area contributed by atoms with Crippen molar-refractivity contribution >= 4 is 39.0 Å². The lowest BCUT2D eigenvalue weighted by molar-refractivity contribution is 0.583. The summed E-state index contributed by atoms with van der Waals surface area (Å²) in [6, 6.07) is 4.94. The predicted octanol–water partition coefficient (Wildman–Crippen LogP) is 1.27. The molecule has 0 bridgehead atoms. The van der Waals surface area contributed by atoms with Gasteiger partial charge in [-0.1, -0.05) is 24.4 Å². The summed E-state index contributed by atoms with van der Waals surface area (Å²) < 4.78 is 26.7. The van der Waals surface area contributed by atoms with Crippen LogP contribution in [0.25, 0.3) is 0 Å². The quantitative estimate of drug-likeness (QED) is 0.612. The second-order valence-electron chi connectivity index (χ2n) is 3.74. The first-order valence-corrected chi connectivity index (χ1v) is 8.56. The van der Waals surface area contributed by atoms with Crippen LogP contribution in [-0.4, -0.2) is 32.0 Å². The lowest BCUT2D eigenvalue weighted by Crippen LogP contribution is -2.27. The molecule has 0 saturated carbocycles. The van der Waals surface area contributed by atoms with E-state index < -0.39 is 10.0 Å². The van der Waals surface area contributed by atoms with Crippen molar-refractivity contribution in [3.05, 3.63) is 29.3 Å². The van der Waals surface area contributed by atoms with Crippen molar-refractivity contribution in [3.8, 4) is 0 Å². The predicted molar refractivity (Wildman–Crippen MR) is 80.6 cm³/mol. The number of thioether (sulfide) groups is 1. The van der Waals surface area contributed by atoms with Crippen LogP contribution in [0.4, 0.5) is 0 Å². The number of sulfonamides is 1. The molecule has 0 aliphatic carbocycles. The summed E-state index contributed by atoms with van der Waals surface area (Å²) >= 11 is 6.44. The van der Waals surface area contributed by atoms with E-state index in [-0.39, 0.29) is 9.88 Å². The van der Waals surface area contributed by atoms with E-state index in [4.69, 9.17) is 18.0 Å². The molecular formula is C11H16N2O2S3. The summed E-state index contributed by atoms with van der Waals surface area (Å²) in [6.45, 7) is 2.15. The molecule has 4 nitrogen and oxygen atoms in total. The number of benzene rings is 1. The molecule has 1 rings (SSSR count). The highest BCUT2D eigenvalue weighted by Crippen LogP contribution is 2.17. The molecule has 0 amide bonds. The SMILES string of the molecule is CSCCNS(=O)(=O)c1cc(C(N)=S)ccc1C. The van der Waals surface area contributed by atoms with Crippen molar-refractivity contribution < 1.29 is 8.42 Å². The van der Waals surface area contributed by atoms with Crippen LogP contribution in [0.2, 0.25) is 0 Å². The number of rotatable bonds is 6. The van der Waals surface area contributed by atoms with Crippen LogP contribution in [0.3, 0.4) is 0 Å². The molecule has 0 atom stereocenters. The topological polar surface area (TPSA) is 72.2 Å². The number of hydrogen-bond acceptors (Lipinski definition) is 4. The van der Waals surface area contributed by atoms with Gasteiger partial charge >= 0.3 is 0 Å². The normalized spacial score (nSPS) is 11.4. The van der Waals surface area contributed by atoms with Crippen molar-refractivity contribution in [3.63, 3.8) is 0 Å². The van der Waals surface area contributed by atoms with Gasteiger partial charge in [0.25, 0.3) is 0 Å². The summed E-state index contributed by atoms with van der Waals surface area (Å²) in [4.78, 5) is 0.421. The molecule has 0 aliphatic heterocycles. The summed E-state index contributed by atoms with van der Waals surface area (Å²) in [5.41, 5.74) is 6.74. The molecule has 7 heteroatoms. The van der Waals surface area contributed by atoms with E-state index in [2.05, 4.69) is 4.72 Å². The molecule has 100 valence electrons. The minimum atomic E-state index is -3.50. The van der Waals surface area contributed by atoms with Crippen molar-refractivity contribution in [1.29, 1.82) is 0 Å². The standard InChI is InChI=1S/C11H16N2O2S3/c1-8-3-4-9(11(12)16)7-10(8)18(14,15)13-5-6-17-2/h3-4,7,13H,5-6H2,1-2H3,(H2,12,16). The van der Waals surface area contributed by atoms with Gasteiger partial charge in [-0.15, -0.1) is 0 Å². The lowest BCUT2D eigenvalue weighted by atomic mass is 10.1. The highest BCUT2D eigenvalue weighted by Gasteiger charge is 2.17. The Bertz CT molecular complexity index is 541. The van der Waals surface area contributed by atoms with Gasteiger partial charge in [0.15, 0.2) is 0 Å². The Morgan fingerprint density at radius 3 is 2.72 bits per heavy atom. The van der Waals surface area contributed by atoms with Gasteiger partial charge < -0.3 is 5.73 Å². The van der Waals surface area contributed by atoms with Crippen LogP contribution < -0.4 is 10.5 Å². The van der Waals surface area contributed by atoms with Crippen molar-refractivity contribution in [1.82, 2.24) is 4.72 Å². The fourth-order valence-electron chi connectivity index (χ4n) is 1.40. The van der Waals surface area contributed by atoms with E-state index in [9.17, 15) is 8.42 Å². The third-order valence-corrected chi connectivity index (χ3v) is 4.81. The number of hydrogen-bond donors (Lipinski definition) is 2. The molecule has 3 N–H and O–H groups in total. The summed E-state index contributed by atoms with van der Waals surface area (Å²) in [6.07, 6.45) is 1.92. The van der Waals surface area contributed by atoms with Gasteiger partial charge in [-0.25, -0.2) is 13.1 Å². The Balaban J connectivity index is 3.07. The molecule has 1 aromatic rings. The minimum absolute atomic E-state index is 0.190. The first kappa shape index (κ1) is 15.4. The molecule has 0 spiro atoms. The summed E-state index contributed by atoms with van der Waals surface area (Å²) in [7, 11) is -3.50. The van der Waals surface area contributed by atoms with Crippen LogP contribution in [0.1, 0.15) is 11.1 Å². The Morgan fingerprint density at radius 2 is 2.17 bits per heavy atom. The van der Waals surface area contributed by atoms with E-state index in [1.54, 1.807) is 30.8 Å². The third kappa shape index (κ3) is 3.94. The molecule has 18 heavy (non-hydrogen) atoms. The van der Waals surface area contributed by atoms with Crippen molar-refractivity contribution in [2.24, 2.45) is 5.73 Å². The van der Waals surface area contributed by atoms with Crippen molar-refractivity contribution in [2.75, 3.05) is 18.6 Å². The van der Waals surface area contributed by atoms with Gasteiger partial charge in [-0.2, -0.15) is 11.8 Å². The monoisotopic (exact) mass is 304 g/mol. The first-order chi connectivity index (χ1) is 8.38. The average Bonchev–Trinajstić information content (AvgIpc) is 2.29. The molecular weight excluding hydrogens is 288 g/mol. The Labute approximate surface area is 117 Å². The van der Waals surface area contributed by atoms with E-state index in [1.807, 2.05) is 6.26 Å². The maximum absolute atomic E-state index is 12.1. The van der Waals surface area contributed by atoms with Gasteiger partial charge in [-0.3, -0.25) is 0 Å². The maximum Gasteiger partial charge on any atom is 0.240 e. The number of thiocarbonyl (C=S) groups is 1. The second-order valence-corrected chi connectivity index (χ2v) is 6.90. The second kappa shape index (κ2) is 6.51. The zero-order valence-electron chi connectivity index (χ0n) is 10.3. The smallest absolute Gasteiger partial charge is 0.240 e. The van der Waals surface area contributed by atoms with Crippen LogP contribution >= 0.6 is 24.0 Å². The van der Waals surface area contributed by atoms with Crippen LogP contribution in [0, 0.1) is 6.92 Å². The molecule has 1 aromatic carbocycles. The number of nitrogens with two attached hydrogens (primary N) is 1. The molecule has 0 radical (unpaired) electrons. The highest BCUT2D eigenvalue weighted by atomic mass is 32.2.